The highest BCUT2D eigenvalue weighted by Crippen LogP contribution is 2.29. The molecule has 2 unspecified atom stereocenters. The summed E-state index contributed by atoms with van der Waals surface area (Å²) in [5.74, 6) is 0. The average Bonchev–Trinajstić information content (AvgIpc) is 2.72. The molecule has 0 radical (unpaired) electrons. The summed E-state index contributed by atoms with van der Waals surface area (Å²) in [4.78, 5) is 2.57. The van der Waals surface area contributed by atoms with E-state index in [0.29, 0.717) is 0 Å². The van der Waals surface area contributed by atoms with Crippen molar-refractivity contribution in [2.24, 2.45) is 0 Å². The zero-order valence-electron chi connectivity index (χ0n) is 12.4. The molecule has 2 atom stereocenters. The molecule has 0 spiro atoms. The second kappa shape index (κ2) is 5.26. The molecule has 2 saturated heterocycles. The second-order valence-corrected chi connectivity index (χ2v) is 6.60. The Kier molecular flexibility index (Phi) is 3.64. The summed E-state index contributed by atoms with van der Waals surface area (Å²) in [7, 11) is 2.30. The first-order valence-electron chi connectivity index (χ1n) is 7.64. The fraction of sp³-hybridized carbons (Fsp3) is 0.647. The normalized spacial score (nSPS) is 30.0. The topological polar surface area (TPSA) is 15.3 Å². The molecule has 1 N–H and O–H groups in total. The largest absolute Gasteiger partial charge is 0.311 e. The quantitative estimate of drug-likeness (QED) is 0.896. The van der Waals surface area contributed by atoms with Crippen LogP contribution in [0.1, 0.15) is 42.4 Å². The Balaban J connectivity index is 1.64. The van der Waals surface area contributed by atoms with Crippen molar-refractivity contribution in [1.82, 2.24) is 10.2 Å². The molecule has 2 heteroatoms. The van der Waals surface area contributed by atoms with E-state index < -0.39 is 0 Å². The third-order valence-electron chi connectivity index (χ3n) is 5.07. The van der Waals surface area contributed by atoms with Gasteiger partial charge in [0, 0.05) is 24.7 Å². The minimum atomic E-state index is 0.764. The highest BCUT2D eigenvalue weighted by atomic mass is 15.2. The summed E-state index contributed by atoms with van der Waals surface area (Å²) in [6.45, 7) is 5.49. The van der Waals surface area contributed by atoms with Gasteiger partial charge >= 0.3 is 0 Å². The zero-order chi connectivity index (χ0) is 13.4. The zero-order valence-corrected chi connectivity index (χ0v) is 12.4. The fourth-order valence-corrected chi connectivity index (χ4v) is 3.71. The van der Waals surface area contributed by atoms with Gasteiger partial charge in [-0.3, -0.25) is 4.90 Å². The van der Waals surface area contributed by atoms with Crippen molar-refractivity contribution >= 4 is 0 Å². The third kappa shape index (κ3) is 2.85. The van der Waals surface area contributed by atoms with E-state index >= 15 is 0 Å². The molecule has 2 heterocycles. The lowest BCUT2D eigenvalue weighted by molar-refractivity contribution is 0.166. The number of benzene rings is 1. The second-order valence-electron chi connectivity index (χ2n) is 6.60. The maximum atomic E-state index is 3.73. The highest BCUT2D eigenvalue weighted by Gasteiger charge is 2.34. The van der Waals surface area contributed by atoms with Gasteiger partial charge in [0.1, 0.15) is 0 Å². The molecule has 0 saturated carbocycles. The summed E-state index contributed by atoms with van der Waals surface area (Å²) >= 11 is 0. The lowest BCUT2D eigenvalue weighted by atomic mass is 9.97. The van der Waals surface area contributed by atoms with Crippen LogP contribution < -0.4 is 5.32 Å². The van der Waals surface area contributed by atoms with Gasteiger partial charge in [0.2, 0.25) is 0 Å². The van der Waals surface area contributed by atoms with Crippen LogP contribution in [0.5, 0.6) is 0 Å². The van der Waals surface area contributed by atoms with E-state index in [0.717, 1.165) is 24.7 Å². The van der Waals surface area contributed by atoms with Crippen LogP contribution >= 0.6 is 0 Å². The number of piperidine rings is 1. The molecule has 2 bridgehead atoms. The SMILES string of the molecule is Cc1ccc(CN(C)C2CC3CCC(C2)N3)cc1C. The average molecular weight is 258 g/mol. The van der Waals surface area contributed by atoms with Gasteiger partial charge in [-0.25, -0.2) is 0 Å². The molecule has 2 aliphatic heterocycles. The van der Waals surface area contributed by atoms with Crippen LogP contribution in [0.15, 0.2) is 18.2 Å². The monoisotopic (exact) mass is 258 g/mol. The van der Waals surface area contributed by atoms with Crippen molar-refractivity contribution in [3.63, 3.8) is 0 Å². The van der Waals surface area contributed by atoms with Gasteiger partial charge in [-0.15, -0.1) is 0 Å². The Morgan fingerprint density at radius 3 is 2.42 bits per heavy atom. The summed E-state index contributed by atoms with van der Waals surface area (Å²) in [6.07, 6.45) is 5.44. The number of rotatable bonds is 3. The molecule has 1 aromatic carbocycles. The summed E-state index contributed by atoms with van der Waals surface area (Å²) in [5.41, 5.74) is 4.26. The first-order valence-corrected chi connectivity index (χ1v) is 7.64. The molecule has 3 rings (SSSR count). The van der Waals surface area contributed by atoms with Crippen LogP contribution in [0.25, 0.3) is 0 Å². The molecule has 19 heavy (non-hydrogen) atoms. The Morgan fingerprint density at radius 1 is 1.11 bits per heavy atom. The molecule has 2 aliphatic rings. The predicted octanol–water partition coefficient (Wildman–Crippen LogP) is 3.02. The Morgan fingerprint density at radius 2 is 1.79 bits per heavy atom. The van der Waals surface area contributed by atoms with Gasteiger partial charge < -0.3 is 5.32 Å². The number of nitrogens with zero attached hydrogens (tertiary/aromatic N) is 1. The van der Waals surface area contributed by atoms with Crippen molar-refractivity contribution in [1.29, 1.82) is 0 Å². The number of fused-ring (bicyclic) bond motifs is 2. The summed E-state index contributed by atoms with van der Waals surface area (Å²) < 4.78 is 0. The van der Waals surface area contributed by atoms with E-state index in [9.17, 15) is 0 Å². The lowest BCUT2D eigenvalue weighted by Crippen LogP contribution is -2.46. The molecule has 0 amide bonds. The predicted molar refractivity (Wildman–Crippen MR) is 80.4 cm³/mol. The van der Waals surface area contributed by atoms with Gasteiger partial charge in [0.15, 0.2) is 0 Å². The Labute approximate surface area is 117 Å². The van der Waals surface area contributed by atoms with Crippen LogP contribution in [0, 0.1) is 13.8 Å². The van der Waals surface area contributed by atoms with Crippen LogP contribution in [0.4, 0.5) is 0 Å². The molecular formula is C17H26N2. The number of nitrogens with one attached hydrogen (secondary N) is 1. The Bertz CT molecular complexity index is 443. The Hall–Kier alpha value is -0.860. The van der Waals surface area contributed by atoms with E-state index in [-0.39, 0.29) is 0 Å². The smallest absolute Gasteiger partial charge is 0.0233 e. The van der Waals surface area contributed by atoms with Gasteiger partial charge in [-0.2, -0.15) is 0 Å². The van der Waals surface area contributed by atoms with Crippen molar-refractivity contribution in [2.75, 3.05) is 7.05 Å². The van der Waals surface area contributed by atoms with Crippen molar-refractivity contribution < 1.29 is 0 Å². The van der Waals surface area contributed by atoms with Crippen molar-refractivity contribution in [3.05, 3.63) is 34.9 Å². The maximum Gasteiger partial charge on any atom is 0.0233 e. The summed E-state index contributed by atoms with van der Waals surface area (Å²) in [5, 5.41) is 3.73. The molecule has 1 aromatic rings. The molecular weight excluding hydrogens is 232 g/mol. The lowest BCUT2D eigenvalue weighted by Gasteiger charge is -2.35. The van der Waals surface area contributed by atoms with Crippen molar-refractivity contribution in [2.45, 2.75) is 64.2 Å². The van der Waals surface area contributed by atoms with Gasteiger partial charge in [-0.05, 0) is 63.3 Å². The third-order valence-corrected chi connectivity index (χ3v) is 5.07. The van der Waals surface area contributed by atoms with Gasteiger partial charge in [0.05, 0.1) is 0 Å². The van der Waals surface area contributed by atoms with Gasteiger partial charge in [0.25, 0.3) is 0 Å². The standard InChI is InChI=1S/C17H26N2/c1-12-4-5-14(8-13(12)2)11-19(3)17-9-15-6-7-16(10-17)18-15/h4-5,8,15-18H,6-7,9-11H2,1-3H3. The molecule has 0 aliphatic carbocycles. The minimum absolute atomic E-state index is 0.764. The minimum Gasteiger partial charge on any atom is -0.311 e. The van der Waals surface area contributed by atoms with E-state index in [2.05, 4.69) is 49.3 Å². The fourth-order valence-electron chi connectivity index (χ4n) is 3.71. The first-order chi connectivity index (χ1) is 9.11. The van der Waals surface area contributed by atoms with Crippen LogP contribution in [-0.4, -0.2) is 30.1 Å². The maximum absolute atomic E-state index is 3.73. The van der Waals surface area contributed by atoms with Crippen LogP contribution in [-0.2, 0) is 6.54 Å². The molecule has 0 aromatic heterocycles. The van der Waals surface area contributed by atoms with Crippen molar-refractivity contribution in [3.8, 4) is 0 Å². The molecule has 2 nitrogen and oxygen atoms in total. The number of hydrogen-bond donors (Lipinski definition) is 1. The number of aryl methyl sites for hydroxylation is 2. The van der Waals surface area contributed by atoms with E-state index in [1.807, 2.05) is 0 Å². The highest BCUT2D eigenvalue weighted by molar-refractivity contribution is 5.29. The van der Waals surface area contributed by atoms with Crippen LogP contribution in [0.3, 0.4) is 0 Å². The first kappa shape index (κ1) is 13.1. The van der Waals surface area contributed by atoms with E-state index in [4.69, 9.17) is 0 Å². The number of hydrogen-bond acceptors (Lipinski definition) is 2. The summed E-state index contributed by atoms with van der Waals surface area (Å²) in [6, 6.07) is 9.22. The van der Waals surface area contributed by atoms with E-state index in [1.165, 1.54) is 42.4 Å². The molecule has 104 valence electrons. The van der Waals surface area contributed by atoms with E-state index in [1.54, 1.807) is 0 Å². The van der Waals surface area contributed by atoms with Crippen LogP contribution in [0.2, 0.25) is 0 Å². The molecule has 2 fully saturated rings. The van der Waals surface area contributed by atoms with Gasteiger partial charge in [-0.1, -0.05) is 18.2 Å².